The number of piperidine rings is 1. The predicted molar refractivity (Wildman–Crippen MR) is 78.6 cm³/mol. The zero-order valence-corrected chi connectivity index (χ0v) is 13.1. The first kappa shape index (κ1) is 15.3. The van der Waals surface area contributed by atoms with E-state index in [0.717, 1.165) is 10.3 Å². The van der Waals surface area contributed by atoms with Crippen LogP contribution in [0.2, 0.25) is 0 Å². The number of alkyl halides is 2. The van der Waals surface area contributed by atoms with Crippen molar-refractivity contribution in [3.63, 3.8) is 0 Å². The zero-order valence-electron chi connectivity index (χ0n) is 13.1. The average molecular weight is 337 g/mol. The standard InChI is InChI=1S/C15H17F2N5O2/c1-9-2-3-11(21(9)15(16)17)14(23)20-5-4-13-12(7-20)22-10(8-24-13)6-18-19-22/h2-3,6,12-13,15H,4-5,7-8H2,1H3/t12-,13-/m1/s1. The van der Waals surface area contributed by atoms with E-state index in [9.17, 15) is 13.6 Å². The highest BCUT2D eigenvalue weighted by atomic mass is 19.3. The number of carbonyl (C=O) groups excluding carboxylic acids is 1. The summed E-state index contributed by atoms with van der Waals surface area (Å²) in [7, 11) is 0. The fourth-order valence-electron chi connectivity index (χ4n) is 3.51. The molecule has 1 fully saturated rings. The third-order valence-corrected chi connectivity index (χ3v) is 4.75. The van der Waals surface area contributed by atoms with Gasteiger partial charge in [0.1, 0.15) is 5.69 Å². The fourth-order valence-corrected chi connectivity index (χ4v) is 3.51. The third-order valence-electron chi connectivity index (χ3n) is 4.75. The van der Waals surface area contributed by atoms with Gasteiger partial charge in [0.15, 0.2) is 0 Å². The Balaban J connectivity index is 1.60. The number of nitrogens with zero attached hydrogens (tertiary/aromatic N) is 5. The first-order valence-corrected chi connectivity index (χ1v) is 7.82. The molecule has 0 aliphatic carbocycles. The van der Waals surface area contributed by atoms with Crippen molar-refractivity contribution >= 4 is 5.91 Å². The molecule has 0 aromatic carbocycles. The van der Waals surface area contributed by atoms with Crippen LogP contribution in [-0.4, -0.2) is 49.6 Å². The Morgan fingerprint density at radius 1 is 1.42 bits per heavy atom. The Morgan fingerprint density at radius 2 is 2.25 bits per heavy atom. The molecule has 2 aromatic rings. The number of hydrogen-bond acceptors (Lipinski definition) is 4. The van der Waals surface area contributed by atoms with Gasteiger partial charge in [-0.15, -0.1) is 5.10 Å². The van der Waals surface area contributed by atoms with Crippen molar-refractivity contribution in [3.05, 3.63) is 35.4 Å². The third kappa shape index (κ3) is 2.31. The topological polar surface area (TPSA) is 65.2 Å². The first-order chi connectivity index (χ1) is 11.6. The molecule has 0 spiro atoms. The minimum Gasteiger partial charge on any atom is -0.370 e. The lowest BCUT2D eigenvalue weighted by molar-refractivity contribution is -0.0608. The normalized spacial score (nSPS) is 23.2. The molecule has 0 N–H and O–H groups in total. The van der Waals surface area contributed by atoms with Gasteiger partial charge in [-0.25, -0.2) is 4.68 Å². The van der Waals surface area contributed by atoms with E-state index in [1.807, 2.05) is 0 Å². The van der Waals surface area contributed by atoms with Crippen molar-refractivity contribution in [1.29, 1.82) is 0 Å². The van der Waals surface area contributed by atoms with Crippen molar-refractivity contribution in [2.24, 2.45) is 0 Å². The average Bonchev–Trinajstić information content (AvgIpc) is 3.19. The smallest absolute Gasteiger partial charge is 0.319 e. The molecule has 4 rings (SSSR count). The van der Waals surface area contributed by atoms with Gasteiger partial charge in [-0.1, -0.05) is 5.21 Å². The van der Waals surface area contributed by atoms with Crippen LogP contribution in [0.4, 0.5) is 8.78 Å². The number of carbonyl (C=O) groups is 1. The van der Waals surface area contributed by atoms with Gasteiger partial charge < -0.3 is 9.64 Å². The van der Waals surface area contributed by atoms with Gasteiger partial charge in [0.05, 0.1) is 30.6 Å². The largest absolute Gasteiger partial charge is 0.370 e. The van der Waals surface area contributed by atoms with Crippen molar-refractivity contribution in [2.45, 2.75) is 38.6 Å². The van der Waals surface area contributed by atoms with E-state index in [1.165, 1.54) is 12.1 Å². The molecular formula is C15H17F2N5O2. The molecule has 128 valence electrons. The first-order valence-electron chi connectivity index (χ1n) is 7.82. The number of amides is 1. The summed E-state index contributed by atoms with van der Waals surface area (Å²) in [5.41, 5.74) is 1.23. The second-order valence-corrected chi connectivity index (χ2v) is 6.13. The molecule has 0 bridgehead atoms. The molecule has 1 amide bonds. The SMILES string of the molecule is Cc1ccc(C(=O)N2CC[C@H]3OCc4cnnn4[C@@H]3C2)n1C(F)F. The van der Waals surface area contributed by atoms with Gasteiger partial charge in [-0.3, -0.25) is 9.36 Å². The number of ether oxygens (including phenoxy) is 1. The summed E-state index contributed by atoms with van der Waals surface area (Å²) in [4.78, 5) is 14.3. The van der Waals surface area contributed by atoms with Crippen LogP contribution in [0.5, 0.6) is 0 Å². The van der Waals surface area contributed by atoms with Crippen LogP contribution in [0.25, 0.3) is 0 Å². The van der Waals surface area contributed by atoms with Gasteiger partial charge in [0, 0.05) is 18.8 Å². The molecule has 0 radical (unpaired) electrons. The highest BCUT2D eigenvalue weighted by molar-refractivity contribution is 5.93. The molecule has 0 saturated carbocycles. The molecule has 1 saturated heterocycles. The van der Waals surface area contributed by atoms with Gasteiger partial charge in [0.2, 0.25) is 0 Å². The lowest BCUT2D eigenvalue weighted by Crippen LogP contribution is -2.50. The van der Waals surface area contributed by atoms with Gasteiger partial charge in [-0.2, -0.15) is 8.78 Å². The Labute approximate surface area is 136 Å². The minimum atomic E-state index is -2.74. The van der Waals surface area contributed by atoms with Crippen molar-refractivity contribution in [3.8, 4) is 0 Å². The summed E-state index contributed by atoms with van der Waals surface area (Å²) < 4.78 is 34.8. The van der Waals surface area contributed by atoms with E-state index in [-0.39, 0.29) is 17.8 Å². The van der Waals surface area contributed by atoms with Crippen LogP contribution in [0, 0.1) is 6.92 Å². The minimum absolute atomic E-state index is 0.0106. The lowest BCUT2D eigenvalue weighted by atomic mass is 10.00. The monoisotopic (exact) mass is 337 g/mol. The number of aryl methyl sites for hydroxylation is 1. The predicted octanol–water partition coefficient (Wildman–Crippen LogP) is 1.77. The molecular weight excluding hydrogens is 320 g/mol. The Hall–Kier alpha value is -2.29. The van der Waals surface area contributed by atoms with Crippen LogP contribution in [0.3, 0.4) is 0 Å². The molecule has 2 aliphatic heterocycles. The van der Waals surface area contributed by atoms with Crippen LogP contribution in [0.15, 0.2) is 18.3 Å². The number of fused-ring (bicyclic) bond motifs is 3. The maximum absolute atomic E-state index is 13.2. The molecule has 24 heavy (non-hydrogen) atoms. The molecule has 2 atom stereocenters. The summed E-state index contributed by atoms with van der Waals surface area (Å²) in [6.07, 6.45) is 2.25. The van der Waals surface area contributed by atoms with Crippen molar-refractivity contribution in [2.75, 3.05) is 13.1 Å². The molecule has 7 nitrogen and oxygen atoms in total. The number of likely N-dealkylation sites (tertiary alicyclic amines) is 1. The quantitative estimate of drug-likeness (QED) is 0.838. The van der Waals surface area contributed by atoms with Crippen molar-refractivity contribution in [1.82, 2.24) is 24.5 Å². The van der Waals surface area contributed by atoms with E-state index < -0.39 is 12.5 Å². The van der Waals surface area contributed by atoms with Crippen LogP contribution >= 0.6 is 0 Å². The Morgan fingerprint density at radius 3 is 3.04 bits per heavy atom. The molecule has 2 aliphatic rings. The Kier molecular flexibility index (Phi) is 3.60. The second-order valence-electron chi connectivity index (χ2n) is 6.13. The van der Waals surface area contributed by atoms with E-state index in [4.69, 9.17) is 4.74 Å². The van der Waals surface area contributed by atoms with E-state index >= 15 is 0 Å². The highest BCUT2D eigenvalue weighted by Crippen LogP contribution is 2.31. The van der Waals surface area contributed by atoms with Gasteiger partial charge in [0.25, 0.3) is 5.91 Å². The van der Waals surface area contributed by atoms with Gasteiger partial charge in [-0.05, 0) is 25.5 Å². The summed E-state index contributed by atoms with van der Waals surface area (Å²) in [6, 6.07) is 2.85. The zero-order chi connectivity index (χ0) is 16.8. The fraction of sp³-hybridized carbons (Fsp3) is 0.533. The summed E-state index contributed by atoms with van der Waals surface area (Å²) in [5.74, 6) is -0.394. The van der Waals surface area contributed by atoms with Crippen LogP contribution in [0.1, 0.15) is 40.9 Å². The lowest BCUT2D eigenvalue weighted by Gasteiger charge is -2.41. The summed E-state index contributed by atoms with van der Waals surface area (Å²) in [5, 5.41) is 7.97. The maximum atomic E-state index is 13.2. The van der Waals surface area contributed by atoms with E-state index in [1.54, 1.807) is 22.7 Å². The summed E-state index contributed by atoms with van der Waals surface area (Å²) in [6.45, 7) is 0.114. The van der Waals surface area contributed by atoms with Gasteiger partial charge >= 0.3 is 6.55 Å². The number of aromatic nitrogens is 4. The number of rotatable bonds is 2. The number of hydrogen-bond donors (Lipinski definition) is 0. The maximum Gasteiger partial charge on any atom is 0.319 e. The molecule has 0 unspecified atom stereocenters. The van der Waals surface area contributed by atoms with Crippen LogP contribution < -0.4 is 0 Å². The second kappa shape index (κ2) is 5.66. The van der Waals surface area contributed by atoms with E-state index in [2.05, 4.69) is 10.3 Å². The molecule has 9 heteroatoms. The van der Waals surface area contributed by atoms with Crippen LogP contribution in [-0.2, 0) is 11.3 Å². The highest BCUT2D eigenvalue weighted by Gasteiger charge is 2.38. The number of halogens is 2. The Bertz CT molecular complexity index is 772. The van der Waals surface area contributed by atoms with E-state index in [0.29, 0.717) is 31.8 Å². The molecule has 4 heterocycles. The summed E-state index contributed by atoms with van der Waals surface area (Å²) >= 11 is 0. The molecule has 2 aromatic heterocycles. The van der Waals surface area contributed by atoms with Crippen molar-refractivity contribution < 1.29 is 18.3 Å².